The second-order valence-corrected chi connectivity index (χ2v) is 10.0. The van der Waals surface area contributed by atoms with Gasteiger partial charge in [-0.1, -0.05) is 66.7 Å². The number of nitrogens with one attached hydrogen (secondary N) is 1. The van der Waals surface area contributed by atoms with Crippen molar-refractivity contribution in [3.8, 4) is 11.5 Å². The number of amides is 1. The molecule has 6 rings (SSSR count). The molecule has 0 unspecified atom stereocenters. The predicted octanol–water partition coefficient (Wildman–Crippen LogP) is 5.34. The van der Waals surface area contributed by atoms with Gasteiger partial charge in [-0.05, 0) is 54.1 Å². The number of likely N-dealkylation sites (N-methyl/N-ethyl adjacent to an activating group) is 1. The van der Waals surface area contributed by atoms with Crippen molar-refractivity contribution in [3.63, 3.8) is 0 Å². The lowest BCUT2D eigenvalue weighted by atomic mass is 9.79. The third-order valence-corrected chi connectivity index (χ3v) is 8.00. The lowest BCUT2D eigenvalue weighted by Crippen LogP contribution is -2.54. The highest BCUT2D eigenvalue weighted by atomic mass is 16.6. The predicted molar refractivity (Wildman–Crippen MR) is 149 cm³/mol. The molecule has 2 aliphatic heterocycles. The summed E-state index contributed by atoms with van der Waals surface area (Å²) >= 11 is 0. The van der Waals surface area contributed by atoms with Crippen LogP contribution in [0.2, 0.25) is 0 Å². The molecule has 1 spiro atoms. The van der Waals surface area contributed by atoms with Crippen LogP contribution < -0.4 is 14.8 Å². The second-order valence-electron chi connectivity index (χ2n) is 10.0. The summed E-state index contributed by atoms with van der Waals surface area (Å²) < 4.78 is 12.2. The molecule has 4 aromatic carbocycles. The normalized spacial score (nSPS) is 22.2. The maximum absolute atomic E-state index is 13.4. The zero-order valence-corrected chi connectivity index (χ0v) is 21.8. The van der Waals surface area contributed by atoms with Crippen molar-refractivity contribution in [1.82, 2.24) is 4.90 Å². The Morgan fingerprint density at radius 2 is 1.77 bits per heavy atom. The molecule has 198 valence electrons. The third kappa shape index (κ3) is 3.90. The molecule has 2 heterocycles. The Balaban J connectivity index is 1.34. The molecule has 39 heavy (non-hydrogen) atoms. The summed E-state index contributed by atoms with van der Waals surface area (Å²) in [5.74, 6) is 0.192. The summed E-state index contributed by atoms with van der Waals surface area (Å²) in [5.41, 5.74) is 1.66. The van der Waals surface area contributed by atoms with E-state index >= 15 is 0 Å². The van der Waals surface area contributed by atoms with E-state index in [1.807, 2.05) is 66.4 Å². The van der Waals surface area contributed by atoms with Gasteiger partial charge in [-0.25, -0.2) is 0 Å². The first-order valence-corrected chi connectivity index (χ1v) is 13.1. The van der Waals surface area contributed by atoms with Crippen LogP contribution in [0, 0.1) is 10.1 Å². The van der Waals surface area contributed by atoms with E-state index in [2.05, 4.69) is 23.5 Å². The van der Waals surface area contributed by atoms with Crippen molar-refractivity contribution >= 4 is 22.4 Å². The number of nitro groups is 1. The van der Waals surface area contributed by atoms with E-state index in [1.165, 1.54) is 0 Å². The number of para-hydroxylation sites is 1. The molecule has 1 saturated heterocycles. The zero-order valence-electron chi connectivity index (χ0n) is 21.8. The van der Waals surface area contributed by atoms with Gasteiger partial charge in [0.25, 0.3) is 11.9 Å². The molecule has 0 saturated carbocycles. The summed E-state index contributed by atoms with van der Waals surface area (Å²) in [7, 11) is 1.78. The first-order valence-electron chi connectivity index (χ1n) is 13.1. The van der Waals surface area contributed by atoms with Gasteiger partial charge in [0.05, 0.1) is 12.5 Å². The first-order chi connectivity index (χ1) is 18.9. The number of carbonyl (C=O) groups excluding carboxylic acids is 1. The standard InChI is InChI=1S/C31H29N3O5/c1-3-38-28-17-21(15-16-27(28)39-19-22-11-8-10-20-9-4-5-12-23(20)22)24-18-33(2)31(29(24)34(36)37)25-13-6-7-14-26(25)32-30(31)35/h4-17,24,29H,3,18-19H2,1-2H3,(H,32,35)/t24-,29-,31-/m0/s1. The average Bonchev–Trinajstić information content (AvgIpc) is 3.42. The van der Waals surface area contributed by atoms with Crippen LogP contribution in [0.1, 0.15) is 29.5 Å². The van der Waals surface area contributed by atoms with E-state index in [1.54, 1.807) is 19.2 Å². The fourth-order valence-electron chi connectivity index (χ4n) is 6.30. The molecular formula is C31H29N3O5. The fraction of sp³-hybridized carbons (Fsp3) is 0.258. The van der Waals surface area contributed by atoms with Crippen LogP contribution >= 0.6 is 0 Å². The number of hydrogen-bond donors (Lipinski definition) is 1. The number of carbonyl (C=O) groups is 1. The molecule has 0 aliphatic carbocycles. The number of nitrogens with zero attached hydrogens (tertiary/aromatic N) is 2. The molecule has 1 N–H and O–H groups in total. The number of anilines is 1. The maximum Gasteiger partial charge on any atom is 0.256 e. The van der Waals surface area contributed by atoms with Crippen molar-refractivity contribution < 1.29 is 19.2 Å². The summed E-state index contributed by atoms with van der Waals surface area (Å²) in [6, 6.07) is 25.8. The Hall–Kier alpha value is -4.43. The smallest absolute Gasteiger partial charge is 0.256 e. The first kappa shape index (κ1) is 24.9. The minimum Gasteiger partial charge on any atom is -0.490 e. The Bertz CT molecular complexity index is 1580. The van der Waals surface area contributed by atoms with E-state index < -0.39 is 17.5 Å². The van der Waals surface area contributed by atoms with Gasteiger partial charge in [0.2, 0.25) is 0 Å². The molecule has 8 nitrogen and oxygen atoms in total. The van der Waals surface area contributed by atoms with Gasteiger partial charge >= 0.3 is 0 Å². The van der Waals surface area contributed by atoms with Crippen LogP contribution in [-0.2, 0) is 16.9 Å². The largest absolute Gasteiger partial charge is 0.490 e. The fourth-order valence-corrected chi connectivity index (χ4v) is 6.30. The molecular weight excluding hydrogens is 494 g/mol. The summed E-state index contributed by atoms with van der Waals surface area (Å²) in [6.45, 7) is 3.00. The highest BCUT2D eigenvalue weighted by Crippen LogP contribution is 2.52. The second kappa shape index (κ2) is 9.71. The maximum atomic E-state index is 13.4. The van der Waals surface area contributed by atoms with Crippen LogP contribution in [0.15, 0.2) is 84.9 Å². The van der Waals surface area contributed by atoms with Crippen LogP contribution in [-0.4, -0.2) is 42.0 Å². The monoisotopic (exact) mass is 523 g/mol. The van der Waals surface area contributed by atoms with Crippen molar-refractivity contribution in [3.05, 3.63) is 112 Å². The Kier molecular flexibility index (Phi) is 6.19. The quantitative estimate of drug-likeness (QED) is 0.260. The Morgan fingerprint density at radius 1 is 1.00 bits per heavy atom. The molecule has 0 radical (unpaired) electrons. The molecule has 0 bridgehead atoms. The van der Waals surface area contributed by atoms with E-state index in [0.29, 0.717) is 42.5 Å². The number of fused-ring (bicyclic) bond motifs is 3. The van der Waals surface area contributed by atoms with E-state index in [9.17, 15) is 14.9 Å². The average molecular weight is 524 g/mol. The minimum absolute atomic E-state index is 0.304. The van der Waals surface area contributed by atoms with Gasteiger partial charge < -0.3 is 14.8 Å². The molecule has 2 aliphatic rings. The Morgan fingerprint density at radius 3 is 2.59 bits per heavy atom. The summed E-state index contributed by atoms with van der Waals surface area (Å²) in [5, 5.41) is 17.8. The van der Waals surface area contributed by atoms with Crippen molar-refractivity contribution in [2.24, 2.45) is 0 Å². The lowest BCUT2D eigenvalue weighted by molar-refractivity contribution is -0.534. The highest BCUT2D eigenvalue weighted by Gasteiger charge is 2.68. The number of likely N-dealkylation sites (tertiary alicyclic amines) is 1. The molecule has 1 amide bonds. The van der Waals surface area contributed by atoms with Crippen molar-refractivity contribution in [2.45, 2.75) is 31.0 Å². The summed E-state index contributed by atoms with van der Waals surface area (Å²) in [4.78, 5) is 27.5. The van der Waals surface area contributed by atoms with Crippen molar-refractivity contribution in [2.75, 3.05) is 25.5 Å². The van der Waals surface area contributed by atoms with Gasteiger partial charge in [-0.2, -0.15) is 0 Å². The number of rotatable bonds is 7. The SMILES string of the molecule is CCOc1cc([C@@H]2CN(C)[C@]3(C(=O)Nc4ccccc43)[C@H]2[N+](=O)[O-])ccc1OCc1cccc2ccccc12. The Labute approximate surface area is 226 Å². The van der Waals surface area contributed by atoms with E-state index in [-0.39, 0.29) is 10.8 Å². The van der Waals surface area contributed by atoms with Crippen LogP contribution in [0.3, 0.4) is 0 Å². The molecule has 0 aromatic heterocycles. The molecule has 1 fully saturated rings. The van der Waals surface area contributed by atoms with Gasteiger partial charge in [-0.3, -0.25) is 19.8 Å². The molecule has 4 aromatic rings. The minimum atomic E-state index is -1.39. The van der Waals surface area contributed by atoms with E-state index in [0.717, 1.165) is 21.9 Å². The van der Waals surface area contributed by atoms with Gasteiger partial charge in [0.15, 0.2) is 17.0 Å². The van der Waals surface area contributed by atoms with E-state index in [4.69, 9.17) is 9.47 Å². The molecule has 3 atom stereocenters. The van der Waals surface area contributed by atoms with Gasteiger partial charge in [-0.15, -0.1) is 0 Å². The lowest BCUT2D eigenvalue weighted by Gasteiger charge is -2.30. The topological polar surface area (TPSA) is 93.9 Å². The number of hydrogen-bond acceptors (Lipinski definition) is 6. The summed E-state index contributed by atoms with van der Waals surface area (Å²) in [6.07, 6.45) is 0. The zero-order chi connectivity index (χ0) is 27.1. The van der Waals surface area contributed by atoms with Gasteiger partial charge in [0.1, 0.15) is 6.61 Å². The van der Waals surface area contributed by atoms with Crippen LogP contribution in [0.5, 0.6) is 11.5 Å². The number of benzene rings is 4. The van der Waals surface area contributed by atoms with Crippen LogP contribution in [0.25, 0.3) is 10.8 Å². The number of ether oxygens (including phenoxy) is 2. The third-order valence-electron chi connectivity index (χ3n) is 8.00. The molecule has 8 heteroatoms. The van der Waals surface area contributed by atoms with Crippen molar-refractivity contribution in [1.29, 1.82) is 0 Å². The van der Waals surface area contributed by atoms with Crippen LogP contribution in [0.4, 0.5) is 5.69 Å². The highest BCUT2D eigenvalue weighted by molar-refractivity contribution is 6.06. The van der Waals surface area contributed by atoms with Gasteiger partial charge in [0, 0.05) is 22.7 Å².